The summed E-state index contributed by atoms with van der Waals surface area (Å²) in [4.78, 5) is 65.5. The smallest absolute Gasteiger partial charge is 0.356 e. The maximum absolute atomic E-state index is 8.25. The Balaban J connectivity index is -0.000000338. The van der Waals surface area contributed by atoms with Gasteiger partial charge in [0.25, 0.3) is 0 Å². The zero-order valence-electron chi connectivity index (χ0n) is 23.8. The summed E-state index contributed by atoms with van der Waals surface area (Å²) in [7, 11) is 0. The Kier molecular flexibility index (Phi) is 28.2. The Labute approximate surface area is 318 Å². The molecule has 0 aliphatic carbocycles. The van der Waals surface area contributed by atoms with Gasteiger partial charge in [0.2, 0.25) is 0 Å². The number of hydrogen-bond donors (Lipinski definition) is 2. The minimum absolute atomic E-state index is 0. The first-order valence-electron chi connectivity index (χ1n) is 11.1. The first-order chi connectivity index (χ1) is 22.2. The molecule has 0 unspecified atom stereocenters. The number of H-pyrrole nitrogens is 2. The SMILES string of the molecule is C1=Cc2cc3ccc(cc4ccc(cc5nc(cc1n2)C=C5)[nH]4)[nH]3.O=[N+]([O-])[O-].O=[N+]([O-])[O-].O=[N+]([O-])[O-].O=[N+]([O-])[O-].O=[N+]([O-])[O-].O=[N+]([O-])[O-].[Ga+3].[Gd+3]. The van der Waals surface area contributed by atoms with Crippen molar-refractivity contribution in [1.82, 2.24) is 19.9 Å². The van der Waals surface area contributed by atoms with E-state index in [4.69, 9.17) is 91.9 Å². The van der Waals surface area contributed by atoms with Gasteiger partial charge in [-0.05, 0) is 72.8 Å². The van der Waals surface area contributed by atoms with Crippen LogP contribution in [0.1, 0.15) is 22.8 Å². The molecule has 263 valence electrons. The molecule has 0 aromatic carbocycles. The third-order valence-corrected chi connectivity index (χ3v) is 4.04. The van der Waals surface area contributed by atoms with Crippen LogP contribution in [0, 0.1) is 132 Å². The van der Waals surface area contributed by atoms with E-state index >= 15 is 0 Å². The van der Waals surface area contributed by atoms with Crippen molar-refractivity contribution < 1.29 is 70.5 Å². The van der Waals surface area contributed by atoms with E-state index in [2.05, 4.69) is 50.3 Å². The molecule has 0 fully saturated rings. The Morgan fingerprint density at radius 3 is 0.780 bits per heavy atom. The second-order valence-corrected chi connectivity index (χ2v) is 7.25. The molecule has 28 nitrogen and oxygen atoms in total. The molecule has 0 amide bonds. The minimum atomic E-state index is -1.75. The van der Waals surface area contributed by atoms with Crippen molar-refractivity contribution in [2.24, 2.45) is 0 Å². The Hall–Kier alpha value is -6.24. The average Bonchev–Trinajstić information content (AvgIpc) is 3.68. The van der Waals surface area contributed by atoms with Gasteiger partial charge in [-0.2, -0.15) is 0 Å². The van der Waals surface area contributed by atoms with E-state index < -0.39 is 30.5 Å². The normalized spacial score (nSPS) is 8.96. The molecule has 3 aromatic rings. The van der Waals surface area contributed by atoms with Crippen molar-refractivity contribution >= 4 is 66.2 Å². The molecule has 2 aliphatic rings. The summed E-state index contributed by atoms with van der Waals surface area (Å²) in [5.41, 5.74) is 7.86. The summed E-state index contributed by atoms with van der Waals surface area (Å²) in [5, 5.41) is 88.5. The van der Waals surface area contributed by atoms with Gasteiger partial charge in [0, 0.05) is 22.1 Å². The van der Waals surface area contributed by atoms with Crippen LogP contribution >= 0.6 is 0 Å². The number of fused-ring (bicyclic) bond motifs is 8. The molecular formula is C20H14GaGdN10O18. The molecule has 30 heteroatoms. The average molecular weight is 909 g/mol. The largest absolute Gasteiger partial charge is 3.00 e. The summed E-state index contributed by atoms with van der Waals surface area (Å²) in [5.74, 6) is 0. The molecule has 3 aromatic heterocycles. The van der Waals surface area contributed by atoms with E-state index in [0.717, 1.165) is 44.8 Å². The van der Waals surface area contributed by atoms with Crippen LogP contribution in [0.3, 0.4) is 0 Å². The summed E-state index contributed by atoms with van der Waals surface area (Å²) in [6.07, 6.45) is 8.05. The maximum atomic E-state index is 8.25. The van der Waals surface area contributed by atoms with E-state index in [1.54, 1.807) is 0 Å². The van der Waals surface area contributed by atoms with Gasteiger partial charge in [0.05, 0.1) is 53.3 Å². The molecule has 50 heavy (non-hydrogen) atoms. The van der Waals surface area contributed by atoms with Crippen molar-refractivity contribution in [3.8, 4) is 0 Å². The van der Waals surface area contributed by atoms with Crippen molar-refractivity contribution in [1.29, 1.82) is 0 Å². The van der Waals surface area contributed by atoms with Gasteiger partial charge in [0.1, 0.15) is 0 Å². The fourth-order valence-electron chi connectivity index (χ4n) is 2.94. The molecule has 8 bridgehead atoms. The van der Waals surface area contributed by atoms with E-state index in [0.29, 0.717) is 0 Å². The molecule has 0 saturated heterocycles. The quantitative estimate of drug-likeness (QED) is 0.128. The molecule has 0 spiro atoms. The number of hydrogen-bond acceptors (Lipinski definition) is 20. The third-order valence-electron chi connectivity index (χ3n) is 4.04. The monoisotopic (exact) mass is 909 g/mol. The molecular weight excluding hydrogens is 895 g/mol. The van der Waals surface area contributed by atoms with Crippen molar-refractivity contribution in [3.05, 3.63) is 163 Å². The molecule has 2 aliphatic heterocycles. The van der Waals surface area contributed by atoms with Gasteiger partial charge in [-0.15, -0.1) is 0 Å². The predicted molar refractivity (Wildman–Crippen MR) is 167 cm³/mol. The van der Waals surface area contributed by atoms with Gasteiger partial charge in [-0.25, -0.2) is 9.97 Å². The van der Waals surface area contributed by atoms with Gasteiger partial charge in [0.15, 0.2) is 0 Å². The van der Waals surface area contributed by atoms with Gasteiger partial charge in [-0.1, -0.05) is 0 Å². The van der Waals surface area contributed by atoms with Crippen LogP contribution in [0.4, 0.5) is 0 Å². The summed E-state index contributed by atoms with van der Waals surface area (Å²) >= 11 is 0. The molecule has 2 N–H and O–H groups in total. The fourth-order valence-corrected chi connectivity index (χ4v) is 2.94. The number of aromatic nitrogens is 4. The number of nitrogens with one attached hydrogen (secondary N) is 2. The standard InChI is InChI=1S/C20H14N4.Ga.Gd.6NO3/c1-2-14-10-16-5-6-18(23-16)12-20-8-7-19(24-20)11-17-4-3-15(22-17)9-13(1)21-14;;;6*2-1(3)4/h1-12,21-22H;;;;;;;;/q;2*+3;6*-1. The predicted octanol–water partition coefficient (Wildman–Crippen LogP) is 2.84. The van der Waals surface area contributed by atoms with Crippen LogP contribution in [-0.4, -0.2) is 70.2 Å². The van der Waals surface area contributed by atoms with Crippen LogP contribution in [0.15, 0.2) is 48.5 Å². The van der Waals surface area contributed by atoms with E-state index in [-0.39, 0.29) is 59.7 Å². The van der Waals surface area contributed by atoms with Gasteiger partial charge >= 0.3 is 59.7 Å². The van der Waals surface area contributed by atoms with Crippen LogP contribution in [-0.2, 0) is 0 Å². The summed E-state index contributed by atoms with van der Waals surface area (Å²) in [6, 6.07) is 16.4. The van der Waals surface area contributed by atoms with Crippen molar-refractivity contribution in [2.75, 3.05) is 0 Å². The minimum Gasteiger partial charge on any atom is -0.356 e. The topological polar surface area (TPSA) is 455 Å². The third kappa shape index (κ3) is 33.1. The first kappa shape index (κ1) is 50.6. The number of nitrogens with zero attached hydrogens (tertiary/aromatic N) is 8. The van der Waals surface area contributed by atoms with E-state index in [1.807, 2.05) is 42.5 Å². The molecule has 1 radical (unpaired) electrons. The molecule has 0 atom stereocenters. The van der Waals surface area contributed by atoms with Crippen LogP contribution in [0.5, 0.6) is 0 Å². The summed E-state index contributed by atoms with van der Waals surface area (Å²) in [6.45, 7) is 0. The molecule has 0 saturated carbocycles. The van der Waals surface area contributed by atoms with Crippen LogP contribution in [0.2, 0.25) is 0 Å². The second-order valence-electron chi connectivity index (χ2n) is 7.25. The summed E-state index contributed by atoms with van der Waals surface area (Å²) < 4.78 is 0. The fraction of sp³-hybridized carbons (Fsp3) is 0. The Morgan fingerprint density at radius 1 is 0.380 bits per heavy atom. The van der Waals surface area contributed by atoms with Crippen LogP contribution < -0.4 is 0 Å². The van der Waals surface area contributed by atoms with Gasteiger partial charge in [-0.3, -0.25) is 0 Å². The van der Waals surface area contributed by atoms with E-state index in [9.17, 15) is 0 Å². The van der Waals surface area contributed by atoms with Crippen molar-refractivity contribution in [3.63, 3.8) is 0 Å². The second kappa shape index (κ2) is 27.8. The molecule has 5 rings (SSSR count). The Morgan fingerprint density at radius 2 is 0.560 bits per heavy atom. The number of aromatic amines is 2. The Bertz CT molecular complexity index is 1590. The first-order valence-corrected chi connectivity index (χ1v) is 11.1. The maximum Gasteiger partial charge on any atom is 3.00 e. The zero-order chi connectivity index (χ0) is 37.4. The van der Waals surface area contributed by atoms with Crippen molar-refractivity contribution in [2.45, 2.75) is 0 Å². The van der Waals surface area contributed by atoms with E-state index in [1.165, 1.54) is 0 Å². The number of rotatable bonds is 0. The van der Waals surface area contributed by atoms with Crippen LogP contribution in [0.25, 0.3) is 46.4 Å². The molecule has 5 heterocycles. The zero-order valence-corrected chi connectivity index (χ0v) is 28.5. The van der Waals surface area contributed by atoms with Gasteiger partial charge < -0.3 is 102 Å².